The molecule has 0 spiro atoms. The van der Waals surface area contributed by atoms with Gasteiger partial charge in [-0.2, -0.15) is 13.2 Å². The molecule has 0 unspecified atom stereocenters. The monoisotopic (exact) mass is 557 g/mol. The number of methoxy groups -OCH3 is 1. The molecule has 0 aliphatic heterocycles. The van der Waals surface area contributed by atoms with E-state index in [1.807, 2.05) is 12.1 Å². The van der Waals surface area contributed by atoms with E-state index in [9.17, 15) is 22.8 Å². The minimum atomic E-state index is -4.40. The van der Waals surface area contributed by atoms with Crippen LogP contribution in [0.3, 0.4) is 0 Å². The van der Waals surface area contributed by atoms with Gasteiger partial charge in [-0.1, -0.05) is 31.9 Å². The van der Waals surface area contributed by atoms with Crippen molar-refractivity contribution in [2.45, 2.75) is 57.7 Å². The number of carboxylic acid groups (broad SMARTS) is 1. The normalized spacial score (nSPS) is 12.0. The zero-order valence-corrected chi connectivity index (χ0v) is 22.6. The molecule has 0 saturated carbocycles. The SMILES string of the molecule is CCCC[C@@H](COc1ccc(-c2ccc(C(F)(F)F)cc2)c(OC)c1)Nc1ccc(C(=O)CCCC(=O)O)cc1. The van der Waals surface area contributed by atoms with Crippen molar-refractivity contribution in [1.82, 2.24) is 0 Å². The Kier molecular flexibility index (Phi) is 11.0. The third kappa shape index (κ3) is 9.03. The van der Waals surface area contributed by atoms with Gasteiger partial charge in [-0.15, -0.1) is 0 Å². The molecule has 1 atom stereocenters. The van der Waals surface area contributed by atoms with Crippen LogP contribution in [0, 0.1) is 0 Å². The molecule has 9 heteroatoms. The summed E-state index contributed by atoms with van der Waals surface area (Å²) in [5, 5.41) is 12.2. The maximum absolute atomic E-state index is 12.9. The standard InChI is InChI=1S/C31H34F3NO5/c1-3-4-6-25(35-24-15-11-22(12-16-24)28(36)7-5-8-30(37)38)20-40-26-17-18-27(29(19-26)39-2)21-9-13-23(14-10-21)31(32,33)34/h9-19,25,35H,3-8,20H2,1-2H3,(H,37,38)/t25-/m0/s1. The number of alkyl halides is 3. The average Bonchev–Trinajstić information content (AvgIpc) is 2.94. The van der Waals surface area contributed by atoms with Crippen molar-refractivity contribution in [2.75, 3.05) is 19.0 Å². The van der Waals surface area contributed by atoms with Crippen LogP contribution in [0.15, 0.2) is 66.7 Å². The molecule has 214 valence electrons. The zero-order chi connectivity index (χ0) is 29.1. The molecule has 0 radical (unpaired) electrons. The van der Waals surface area contributed by atoms with Crippen LogP contribution in [-0.2, 0) is 11.0 Å². The summed E-state index contributed by atoms with van der Waals surface area (Å²) in [4.78, 5) is 23.0. The highest BCUT2D eigenvalue weighted by atomic mass is 19.4. The molecule has 0 amide bonds. The Morgan fingerprint density at radius 2 is 1.65 bits per heavy atom. The largest absolute Gasteiger partial charge is 0.496 e. The summed E-state index contributed by atoms with van der Waals surface area (Å²) >= 11 is 0. The summed E-state index contributed by atoms with van der Waals surface area (Å²) < 4.78 is 50.3. The number of hydrogen-bond acceptors (Lipinski definition) is 5. The molecular formula is C31H34F3NO5. The molecule has 3 aromatic rings. The summed E-state index contributed by atoms with van der Waals surface area (Å²) in [7, 11) is 1.50. The first kappa shape index (κ1) is 30.5. The molecular weight excluding hydrogens is 523 g/mol. The second-order valence-electron chi connectivity index (χ2n) is 9.48. The van der Waals surface area contributed by atoms with Gasteiger partial charge in [0.15, 0.2) is 5.78 Å². The number of carbonyl (C=O) groups excluding carboxylic acids is 1. The predicted octanol–water partition coefficient (Wildman–Crippen LogP) is 7.87. The highest BCUT2D eigenvalue weighted by Gasteiger charge is 2.30. The van der Waals surface area contributed by atoms with Crippen LogP contribution in [0.25, 0.3) is 11.1 Å². The Morgan fingerprint density at radius 3 is 2.25 bits per heavy atom. The number of ether oxygens (including phenoxy) is 2. The summed E-state index contributed by atoms with van der Waals surface area (Å²) in [6.07, 6.45) is -1.09. The summed E-state index contributed by atoms with van der Waals surface area (Å²) in [5.41, 5.74) is 1.92. The second kappa shape index (κ2) is 14.4. The lowest BCUT2D eigenvalue weighted by Crippen LogP contribution is -2.27. The minimum absolute atomic E-state index is 0.0161. The van der Waals surface area contributed by atoms with E-state index in [1.165, 1.54) is 19.2 Å². The van der Waals surface area contributed by atoms with Crippen molar-refractivity contribution in [2.24, 2.45) is 0 Å². The highest BCUT2D eigenvalue weighted by molar-refractivity contribution is 5.96. The average molecular weight is 558 g/mol. The van der Waals surface area contributed by atoms with Gasteiger partial charge in [0.1, 0.15) is 18.1 Å². The van der Waals surface area contributed by atoms with E-state index in [4.69, 9.17) is 14.6 Å². The van der Waals surface area contributed by atoms with E-state index in [0.29, 0.717) is 41.2 Å². The van der Waals surface area contributed by atoms with E-state index < -0.39 is 17.7 Å². The Bertz CT molecular complexity index is 1260. The van der Waals surface area contributed by atoms with Gasteiger partial charge < -0.3 is 19.9 Å². The summed E-state index contributed by atoms with van der Waals surface area (Å²) in [6, 6.07) is 17.3. The number of carboxylic acids is 1. The zero-order valence-electron chi connectivity index (χ0n) is 22.6. The number of carbonyl (C=O) groups is 2. The third-order valence-electron chi connectivity index (χ3n) is 6.43. The molecule has 0 aliphatic rings. The van der Waals surface area contributed by atoms with Crippen LogP contribution >= 0.6 is 0 Å². The number of nitrogens with one attached hydrogen (secondary N) is 1. The Morgan fingerprint density at radius 1 is 0.950 bits per heavy atom. The van der Waals surface area contributed by atoms with Crippen molar-refractivity contribution in [3.63, 3.8) is 0 Å². The Hall–Kier alpha value is -4.01. The Balaban J connectivity index is 1.64. The lowest BCUT2D eigenvalue weighted by molar-refractivity contribution is -0.138. The molecule has 3 rings (SSSR count). The van der Waals surface area contributed by atoms with Gasteiger partial charge in [0.25, 0.3) is 0 Å². The number of rotatable bonds is 15. The van der Waals surface area contributed by atoms with Crippen LogP contribution in [-0.4, -0.2) is 36.6 Å². The number of halogens is 3. The van der Waals surface area contributed by atoms with Gasteiger partial charge >= 0.3 is 12.1 Å². The lowest BCUT2D eigenvalue weighted by Gasteiger charge is -2.21. The van der Waals surface area contributed by atoms with E-state index in [0.717, 1.165) is 37.1 Å². The summed E-state index contributed by atoms with van der Waals surface area (Å²) in [5.74, 6) is 0.0469. The number of ketones is 1. The highest BCUT2D eigenvalue weighted by Crippen LogP contribution is 2.36. The van der Waals surface area contributed by atoms with Crippen molar-refractivity contribution >= 4 is 17.4 Å². The van der Waals surface area contributed by atoms with Crippen LogP contribution in [0.5, 0.6) is 11.5 Å². The first-order valence-corrected chi connectivity index (χ1v) is 13.2. The fourth-order valence-electron chi connectivity index (χ4n) is 4.22. The predicted molar refractivity (Wildman–Crippen MR) is 148 cm³/mol. The molecule has 3 aromatic carbocycles. The molecule has 2 N–H and O–H groups in total. The molecule has 0 saturated heterocycles. The number of hydrogen-bond donors (Lipinski definition) is 2. The molecule has 0 aliphatic carbocycles. The van der Waals surface area contributed by atoms with Gasteiger partial charge in [-0.3, -0.25) is 9.59 Å². The number of unbranched alkanes of at least 4 members (excludes halogenated alkanes) is 1. The lowest BCUT2D eigenvalue weighted by atomic mass is 10.0. The quantitative estimate of drug-likeness (QED) is 0.185. The molecule has 0 heterocycles. The third-order valence-corrected chi connectivity index (χ3v) is 6.43. The van der Waals surface area contributed by atoms with Gasteiger partial charge in [-0.05, 0) is 66.9 Å². The first-order chi connectivity index (χ1) is 19.1. The number of benzene rings is 3. The van der Waals surface area contributed by atoms with Crippen LogP contribution < -0.4 is 14.8 Å². The summed E-state index contributed by atoms with van der Waals surface area (Å²) in [6.45, 7) is 2.46. The van der Waals surface area contributed by atoms with Crippen molar-refractivity contribution in [3.05, 3.63) is 77.9 Å². The maximum atomic E-state index is 12.9. The molecule has 40 heavy (non-hydrogen) atoms. The van der Waals surface area contributed by atoms with Crippen LogP contribution in [0.4, 0.5) is 18.9 Å². The number of aliphatic carboxylic acids is 1. The number of anilines is 1. The van der Waals surface area contributed by atoms with Gasteiger partial charge in [0, 0.05) is 35.7 Å². The van der Waals surface area contributed by atoms with E-state index in [2.05, 4.69) is 12.2 Å². The van der Waals surface area contributed by atoms with Crippen molar-refractivity contribution < 1.29 is 37.3 Å². The number of Topliss-reactive ketones (excluding diaryl/α,β-unsaturated/α-hetero) is 1. The van der Waals surface area contributed by atoms with E-state index in [1.54, 1.807) is 30.3 Å². The minimum Gasteiger partial charge on any atom is -0.496 e. The maximum Gasteiger partial charge on any atom is 0.416 e. The van der Waals surface area contributed by atoms with Crippen LogP contribution in [0.2, 0.25) is 0 Å². The van der Waals surface area contributed by atoms with Gasteiger partial charge in [0.05, 0.1) is 18.7 Å². The second-order valence-corrected chi connectivity index (χ2v) is 9.48. The fraction of sp³-hybridized carbons (Fsp3) is 0.355. The molecule has 0 aromatic heterocycles. The van der Waals surface area contributed by atoms with E-state index >= 15 is 0 Å². The fourth-order valence-corrected chi connectivity index (χ4v) is 4.22. The topological polar surface area (TPSA) is 84.9 Å². The van der Waals surface area contributed by atoms with Crippen LogP contribution in [0.1, 0.15) is 61.4 Å². The Labute approximate surface area is 232 Å². The van der Waals surface area contributed by atoms with Gasteiger partial charge in [-0.25, -0.2) is 0 Å². The molecule has 0 bridgehead atoms. The molecule has 0 fully saturated rings. The smallest absolute Gasteiger partial charge is 0.416 e. The van der Waals surface area contributed by atoms with Crippen molar-refractivity contribution in [1.29, 1.82) is 0 Å². The molecule has 6 nitrogen and oxygen atoms in total. The first-order valence-electron chi connectivity index (χ1n) is 13.2. The van der Waals surface area contributed by atoms with Gasteiger partial charge in [0.2, 0.25) is 0 Å². The van der Waals surface area contributed by atoms with E-state index in [-0.39, 0.29) is 24.7 Å². The van der Waals surface area contributed by atoms with Crippen molar-refractivity contribution in [3.8, 4) is 22.6 Å².